The van der Waals surface area contributed by atoms with Crippen molar-refractivity contribution in [3.05, 3.63) is 35.4 Å². The Morgan fingerprint density at radius 2 is 1.90 bits per heavy atom. The number of hydrogen-bond donors (Lipinski definition) is 1. The predicted molar refractivity (Wildman–Crippen MR) is 76.3 cm³/mol. The number of carbonyl (C=O) groups excluding carboxylic acids is 1. The molecule has 1 amide bonds. The molecule has 0 bridgehead atoms. The molecule has 0 aliphatic heterocycles. The van der Waals surface area contributed by atoms with E-state index in [1.165, 1.54) is 5.56 Å². The predicted octanol–water partition coefficient (Wildman–Crippen LogP) is 3.33. The van der Waals surface area contributed by atoms with Crippen LogP contribution in [0.5, 0.6) is 0 Å². The SMILES string of the molecule is CC(C)(C)OC(=O)NC1CC(c2ccc(C#N)cc2)C1. The molecule has 0 aromatic heterocycles. The molecule has 4 heteroatoms. The first-order chi connectivity index (χ1) is 9.37. The molecule has 0 heterocycles. The van der Waals surface area contributed by atoms with Gasteiger partial charge in [-0.3, -0.25) is 0 Å². The van der Waals surface area contributed by atoms with Crippen LogP contribution in [0.3, 0.4) is 0 Å². The van der Waals surface area contributed by atoms with Crippen LogP contribution >= 0.6 is 0 Å². The summed E-state index contributed by atoms with van der Waals surface area (Å²) in [5.41, 5.74) is 1.45. The van der Waals surface area contributed by atoms with Gasteiger partial charge in [0.1, 0.15) is 5.60 Å². The van der Waals surface area contributed by atoms with E-state index in [0.717, 1.165) is 12.8 Å². The summed E-state index contributed by atoms with van der Waals surface area (Å²) < 4.78 is 5.23. The van der Waals surface area contributed by atoms with Gasteiger partial charge in [0.25, 0.3) is 0 Å². The normalized spacial score (nSPS) is 21.5. The molecule has 1 N–H and O–H groups in total. The van der Waals surface area contributed by atoms with Gasteiger partial charge < -0.3 is 10.1 Å². The number of carbonyl (C=O) groups is 1. The first-order valence-electron chi connectivity index (χ1n) is 6.87. The van der Waals surface area contributed by atoms with Gasteiger partial charge in [0.2, 0.25) is 0 Å². The highest BCUT2D eigenvalue weighted by Gasteiger charge is 2.32. The van der Waals surface area contributed by atoms with Crippen molar-refractivity contribution in [2.75, 3.05) is 0 Å². The minimum Gasteiger partial charge on any atom is -0.444 e. The van der Waals surface area contributed by atoms with E-state index in [-0.39, 0.29) is 12.1 Å². The Morgan fingerprint density at radius 3 is 2.40 bits per heavy atom. The third-order valence-corrected chi connectivity index (χ3v) is 3.37. The number of rotatable bonds is 2. The Balaban J connectivity index is 1.79. The van der Waals surface area contributed by atoms with Crippen molar-refractivity contribution in [3.8, 4) is 6.07 Å². The molecular weight excluding hydrogens is 252 g/mol. The fourth-order valence-corrected chi connectivity index (χ4v) is 2.31. The molecule has 4 nitrogen and oxygen atoms in total. The lowest BCUT2D eigenvalue weighted by Crippen LogP contribution is -2.45. The second kappa shape index (κ2) is 5.54. The van der Waals surface area contributed by atoms with E-state index in [0.29, 0.717) is 11.5 Å². The molecule has 2 rings (SSSR count). The summed E-state index contributed by atoms with van der Waals surface area (Å²) in [6, 6.07) is 9.96. The summed E-state index contributed by atoms with van der Waals surface area (Å²) in [4.78, 5) is 11.6. The van der Waals surface area contributed by atoms with Gasteiger partial charge in [-0.2, -0.15) is 5.26 Å². The third kappa shape index (κ3) is 3.74. The molecule has 1 aliphatic rings. The second-order valence-corrected chi connectivity index (χ2v) is 6.25. The van der Waals surface area contributed by atoms with Crippen LogP contribution in [-0.4, -0.2) is 17.7 Å². The number of nitrogens with zero attached hydrogens (tertiary/aromatic N) is 1. The van der Waals surface area contributed by atoms with Gasteiger partial charge in [0.05, 0.1) is 11.6 Å². The van der Waals surface area contributed by atoms with Crippen molar-refractivity contribution < 1.29 is 9.53 Å². The smallest absolute Gasteiger partial charge is 0.407 e. The first kappa shape index (κ1) is 14.4. The van der Waals surface area contributed by atoms with Crippen LogP contribution in [0.4, 0.5) is 4.79 Å². The Hall–Kier alpha value is -2.02. The number of ether oxygens (including phenoxy) is 1. The van der Waals surface area contributed by atoms with E-state index in [1.54, 1.807) is 0 Å². The maximum Gasteiger partial charge on any atom is 0.407 e. The lowest BCUT2D eigenvalue weighted by Gasteiger charge is -2.36. The van der Waals surface area contributed by atoms with E-state index in [1.807, 2.05) is 45.0 Å². The van der Waals surface area contributed by atoms with Crippen LogP contribution in [0.2, 0.25) is 0 Å². The van der Waals surface area contributed by atoms with Gasteiger partial charge in [-0.05, 0) is 57.2 Å². The monoisotopic (exact) mass is 272 g/mol. The number of amides is 1. The van der Waals surface area contributed by atoms with Gasteiger partial charge in [0.15, 0.2) is 0 Å². The molecule has 1 aromatic carbocycles. The van der Waals surface area contributed by atoms with E-state index in [2.05, 4.69) is 11.4 Å². The Labute approximate surface area is 119 Å². The quantitative estimate of drug-likeness (QED) is 0.898. The molecule has 0 saturated heterocycles. The Kier molecular flexibility index (Phi) is 3.99. The van der Waals surface area contributed by atoms with Crippen LogP contribution in [0.15, 0.2) is 24.3 Å². The van der Waals surface area contributed by atoms with Crippen molar-refractivity contribution in [3.63, 3.8) is 0 Å². The largest absolute Gasteiger partial charge is 0.444 e. The van der Waals surface area contributed by atoms with Crippen LogP contribution in [-0.2, 0) is 4.74 Å². The lowest BCUT2D eigenvalue weighted by atomic mass is 9.76. The maximum absolute atomic E-state index is 11.6. The number of nitrogens with one attached hydrogen (secondary N) is 1. The zero-order valence-corrected chi connectivity index (χ0v) is 12.1. The molecule has 0 unspecified atom stereocenters. The molecule has 0 spiro atoms. The topological polar surface area (TPSA) is 62.1 Å². The lowest BCUT2D eigenvalue weighted by molar-refractivity contribution is 0.0471. The molecule has 106 valence electrons. The highest BCUT2D eigenvalue weighted by Crippen LogP contribution is 2.36. The minimum absolute atomic E-state index is 0.186. The van der Waals surface area contributed by atoms with Crippen LogP contribution < -0.4 is 5.32 Å². The summed E-state index contributed by atoms with van der Waals surface area (Å²) >= 11 is 0. The van der Waals surface area contributed by atoms with Crippen molar-refractivity contribution in [1.82, 2.24) is 5.32 Å². The van der Waals surface area contributed by atoms with Gasteiger partial charge in [-0.15, -0.1) is 0 Å². The average molecular weight is 272 g/mol. The molecule has 1 saturated carbocycles. The third-order valence-electron chi connectivity index (χ3n) is 3.37. The summed E-state index contributed by atoms with van der Waals surface area (Å²) in [7, 11) is 0. The summed E-state index contributed by atoms with van der Waals surface area (Å²) in [6.45, 7) is 5.56. The summed E-state index contributed by atoms with van der Waals surface area (Å²) in [6.07, 6.45) is 1.50. The first-order valence-corrected chi connectivity index (χ1v) is 6.87. The molecule has 1 aliphatic carbocycles. The Bertz CT molecular complexity index is 517. The standard InChI is InChI=1S/C16H20N2O2/c1-16(2,3)20-15(19)18-14-8-13(9-14)12-6-4-11(10-17)5-7-12/h4-7,13-14H,8-9H2,1-3H3,(H,18,19). The number of alkyl carbamates (subject to hydrolysis) is 1. The van der Waals surface area contributed by atoms with Gasteiger partial charge in [-0.25, -0.2) is 4.79 Å². The van der Waals surface area contributed by atoms with Crippen molar-refractivity contribution in [2.45, 2.75) is 51.2 Å². The second-order valence-electron chi connectivity index (χ2n) is 6.25. The van der Waals surface area contributed by atoms with E-state index < -0.39 is 5.60 Å². The number of hydrogen-bond acceptors (Lipinski definition) is 3. The van der Waals surface area contributed by atoms with Crippen LogP contribution in [0, 0.1) is 11.3 Å². The van der Waals surface area contributed by atoms with Crippen molar-refractivity contribution >= 4 is 6.09 Å². The van der Waals surface area contributed by atoms with Crippen LogP contribution in [0.1, 0.15) is 50.7 Å². The van der Waals surface area contributed by atoms with E-state index in [4.69, 9.17) is 10.00 Å². The van der Waals surface area contributed by atoms with Gasteiger partial charge in [0, 0.05) is 6.04 Å². The molecule has 1 fully saturated rings. The number of nitriles is 1. The van der Waals surface area contributed by atoms with Gasteiger partial charge in [-0.1, -0.05) is 12.1 Å². The van der Waals surface area contributed by atoms with E-state index in [9.17, 15) is 4.79 Å². The fourth-order valence-electron chi connectivity index (χ4n) is 2.31. The summed E-state index contributed by atoms with van der Waals surface area (Å²) in [5.74, 6) is 0.461. The molecular formula is C16H20N2O2. The highest BCUT2D eigenvalue weighted by molar-refractivity contribution is 5.68. The zero-order chi connectivity index (χ0) is 14.8. The maximum atomic E-state index is 11.6. The Morgan fingerprint density at radius 1 is 1.30 bits per heavy atom. The molecule has 0 radical (unpaired) electrons. The van der Waals surface area contributed by atoms with Crippen molar-refractivity contribution in [2.24, 2.45) is 0 Å². The molecule has 20 heavy (non-hydrogen) atoms. The summed E-state index contributed by atoms with van der Waals surface area (Å²) in [5, 5.41) is 11.6. The average Bonchev–Trinajstić information content (AvgIpc) is 2.31. The molecule has 1 aromatic rings. The minimum atomic E-state index is -0.458. The van der Waals surface area contributed by atoms with Gasteiger partial charge >= 0.3 is 6.09 Å². The molecule has 0 atom stereocenters. The fraction of sp³-hybridized carbons (Fsp3) is 0.500. The zero-order valence-electron chi connectivity index (χ0n) is 12.1. The van der Waals surface area contributed by atoms with E-state index >= 15 is 0 Å². The highest BCUT2D eigenvalue weighted by atomic mass is 16.6. The van der Waals surface area contributed by atoms with Crippen molar-refractivity contribution in [1.29, 1.82) is 5.26 Å². The number of benzene rings is 1. The van der Waals surface area contributed by atoms with Crippen LogP contribution in [0.25, 0.3) is 0 Å².